The molecule has 102 valence electrons. The first-order valence-corrected chi connectivity index (χ1v) is 6.56. The summed E-state index contributed by atoms with van der Waals surface area (Å²) >= 11 is 0. The van der Waals surface area contributed by atoms with E-state index in [9.17, 15) is 9.59 Å². The molecule has 6 nitrogen and oxygen atoms in total. The van der Waals surface area contributed by atoms with Gasteiger partial charge >= 0.3 is 6.03 Å². The topological polar surface area (TPSA) is 55.9 Å². The van der Waals surface area contributed by atoms with Crippen molar-refractivity contribution in [3.63, 3.8) is 0 Å². The lowest BCUT2D eigenvalue weighted by atomic mass is 10.0. The second kappa shape index (κ2) is 5.56. The minimum absolute atomic E-state index is 0.0756. The summed E-state index contributed by atoms with van der Waals surface area (Å²) in [6.07, 6.45) is 2.04. The minimum atomic E-state index is -0.0756. The Labute approximate surface area is 108 Å². The van der Waals surface area contributed by atoms with Crippen molar-refractivity contribution in [3.8, 4) is 0 Å². The monoisotopic (exact) mass is 254 g/mol. The third-order valence-electron chi connectivity index (χ3n) is 3.66. The van der Waals surface area contributed by atoms with Gasteiger partial charge in [-0.2, -0.15) is 0 Å². The second-order valence-corrected chi connectivity index (χ2v) is 5.17. The summed E-state index contributed by atoms with van der Waals surface area (Å²) < 4.78 is 0. The molecular formula is C12H22N4O2. The molecule has 0 spiro atoms. The maximum atomic E-state index is 12.1. The van der Waals surface area contributed by atoms with Crippen molar-refractivity contribution in [1.29, 1.82) is 0 Å². The van der Waals surface area contributed by atoms with E-state index in [0.717, 1.165) is 25.9 Å². The maximum Gasteiger partial charge on any atom is 0.320 e. The standard InChI is InChI=1S/C12H22N4O2/c1-14(2)12(18)15-7-8-16(11(17)9-15)10-3-5-13-6-4-10/h10,13H,3-9H2,1-2H3. The van der Waals surface area contributed by atoms with Gasteiger partial charge in [-0.05, 0) is 25.9 Å². The zero-order valence-corrected chi connectivity index (χ0v) is 11.2. The molecule has 0 aromatic carbocycles. The first-order chi connectivity index (χ1) is 8.59. The summed E-state index contributed by atoms with van der Waals surface area (Å²) in [5.41, 5.74) is 0. The largest absolute Gasteiger partial charge is 0.336 e. The molecule has 0 saturated carbocycles. The van der Waals surface area contributed by atoms with Crippen LogP contribution in [-0.2, 0) is 4.79 Å². The van der Waals surface area contributed by atoms with E-state index in [4.69, 9.17) is 0 Å². The van der Waals surface area contributed by atoms with Gasteiger partial charge in [-0.1, -0.05) is 0 Å². The lowest BCUT2D eigenvalue weighted by Gasteiger charge is -2.41. The van der Waals surface area contributed by atoms with Gasteiger partial charge in [-0.25, -0.2) is 4.79 Å². The third kappa shape index (κ3) is 2.75. The van der Waals surface area contributed by atoms with E-state index >= 15 is 0 Å². The Hall–Kier alpha value is -1.30. The Balaban J connectivity index is 1.92. The van der Waals surface area contributed by atoms with Crippen molar-refractivity contribution >= 4 is 11.9 Å². The number of rotatable bonds is 1. The molecule has 1 N–H and O–H groups in total. The number of piperidine rings is 1. The van der Waals surface area contributed by atoms with Gasteiger partial charge in [-0.15, -0.1) is 0 Å². The summed E-state index contributed by atoms with van der Waals surface area (Å²) in [5.74, 6) is 0.0864. The number of amides is 3. The minimum Gasteiger partial charge on any atom is -0.336 e. The Morgan fingerprint density at radius 3 is 2.50 bits per heavy atom. The van der Waals surface area contributed by atoms with Crippen LogP contribution in [0.1, 0.15) is 12.8 Å². The molecule has 18 heavy (non-hydrogen) atoms. The van der Waals surface area contributed by atoms with Gasteiger partial charge in [0.2, 0.25) is 5.91 Å². The molecule has 2 aliphatic rings. The number of piperazine rings is 1. The highest BCUT2D eigenvalue weighted by Gasteiger charge is 2.32. The highest BCUT2D eigenvalue weighted by atomic mass is 16.2. The highest BCUT2D eigenvalue weighted by Crippen LogP contribution is 2.15. The number of carbonyl (C=O) groups excluding carboxylic acids is 2. The normalized spacial score (nSPS) is 22.2. The predicted molar refractivity (Wildman–Crippen MR) is 68.3 cm³/mol. The van der Waals surface area contributed by atoms with E-state index in [-0.39, 0.29) is 18.5 Å². The van der Waals surface area contributed by atoms with Gasteiger partial charge in [0, 0.05) is 33.2 Å². The number of hydrogen-bond donors (Lipinski definition) is 1. The number of nitrogens with zero attached hydrogens (tertiary/aromatic N) is 3. The predicted octanol–water partition coefficient (Wildman–Crippen LogP) is -0.436. The van der Waals surface area contributed by atoms with Crippen LogP contribution >= 0.6 is 0 Å². The lowest BCUT2D eigenvalue weighted by molar-refractivity contribution is -0.138. The van der Waals surface area contributed by atoms with E-state index < -0.39 is 0 Å². The van der Waals surface area contributed by atoms with Gasteiger partial charge in [0.05, 0.1) is 0 Å². The van der Waals surface area contributed by atoms with Crippen LogP contribution in [0, 0.1) is 0 Å². The van der Waals surface area contributed by atoms with Gasteiger partial charge in [0.15, 0.2) is 0 Å². The smallest absolute Gasteiger partial charge is 0.320 e. The Bertz CT molecular complexity index is 326. The van der Waals surface area contributed by atoms with Gasteiger partial charge in [0.25, 0.3) is 0 Å². The molecule has 0 atom stereocenters. The van der Waals surface area contributed by atoms with Crippen LogP contribution in [0.3, 0.4) is 0 Å². The van der Waals surface area contributed by atoms with E-state index in [0.29, 0.717) is 19.1 Å². The van der Waals surface area contributed by atoms with Crippen LogP contribution < -0.4 is 5.32 Å². The van der Waals surface area contributed by atoms with Crippen LogP contribution in [0.25, 0.3) is 0 Å². The maximum absolute atomic E-state index is 12.1. The first kappa shape index (κ1) is 13.1. The fourth-order valence-electron chi connectivity index (χ4n) is 2.64. The molecule has 0 aliphatic carbocycles. The molecule has 0 radical (unpaired) electrons. The summed E-state index contributed by atoms with van der Waals surface area (Å²) in [6, 6.07) is 0.281. The number of carbonyl (C=O) groups is 2. The van der Waals surface area contributed by atoms with Crippen molar-refractivity contribution in [3.05, 3.63) is 0 Å². The Morgan fingerprint density at radius 1 is 1.28 bits per heavy atom. The number of nitrogens with one attached hydrogen (secondary N) is 1. The summed E-state index contributed by atoms with van der Waals surface area (Å²) in [7, 11) is 3.43. The first-order valence-electron chi connectivity index (χ1n) is 6.56. The fraction of sp³-hybridized carbons (Fsp3) is 0.833. The average molecular weight is 254 g/mol. The summed E-state index contributed by atoms with van der Waals surface area (Å²) in [6.45, 7) is 3.50. The van der Waals surface area contributed by atoms with Gasteiger partial charge < -0.3 is 20.0 Å². The van der Waals surface area contributed by atoms with Crippen molar-refractivity contribution in [2.75, 3.05) is 46.8 Å². The number of hydrogen-bond acceptors (Lipinski definition) is 3. The van der Waals surface area contributed by atoms with E-state index in [1.54, 1.807) is 19.0 Å². The van der Waals surface area contributed by atoms with Crippen molar-refractivity contribution in [1.82, 2.24) is 20.0 Å². The average Bonchev–Trinajstić information content (AvgIpc) is 2.38. The molecule has 3 amide bonds. The van der Waals surface area contributed by atoms with Crippen molar-refractivity contribution in [2.45, 2.75) is 18.9 Å². The molecule has 2 rings (SSSR count). The molecule has 6 heteroatoms. The molecule has 0 unspecified atom stereocenters. The van der Waals surface area contributed by atoms with Crippen LogP contribution in [0.2, 0.25) is 0 Å². The van der Waals surface area contributed by atoms with Crippen molar-refractivity contribution in [2.24, 2.45) is 0 Å². The quantitative estimate of drug-likeness (QED) is 0.690. The van der Waals surface area contributed by atoms with Crippen LogP contribution in [0.4, 0.5) is 4.79 Å². The fourth-order valence-corrected chi connectivity index (χ4v) is 2.64. The molecule has 0 bridgehead atoms. The summed E-state index contributed by atoms with van der Waals surface area (Å²) in [4.78, 5) is 29.0. The zero-order valence-electron chi connectivity index (χ0n) is 11.2. The Morgan fingerprint density at radius 2 is 1.94 bits per heavy atom. The zero-order chi connectivity index (χ0) is 13.1. The molecule has 2 aliphatic heterocycles. The molecule has 2 fully saturated rings. The lowest BCUT2D eigenvalue weighted by Crippen LogP contribution is -2.58. The van der Waals surface area contributed by atoms with Crippen molar-refractivity contribution < 1.29 is 9.59 Å². The summed E-state index contributed by atoms with van der Waals surface area (Å²) in [5, 5.41) is 3.30. The SMILES string of the molecule is CN(C)C(=O)N1CCN(C2CCNCC2)C(=O)C1. The molecule has 0 aromatic rings. The highest BCUT2D eigenvalue weighted by molar-refractivity contribution is 5.85. The molecular weight excluding hydrogens is 232 g/mol. The molecule has 2 heterocycles. The van der Waals surface area contributed by atoms with E-state index in [2.05, 4.69) is 5.32 Å². The van der Waals surface area contributed by atoms with Crippen LogP contribution in [0.5, 0.6) is 0 Å². The second-order valence-electron chi connectivity index (χ2n) is 5.17. The Kier molecular flexibility index (Phi) is 4.06. The van der Waals surface area contributed by atoms with Crippen LogP contribution in [0.15, 0.2) is 0 Å². The number of urea groups is 1. The van der Waals surface area contributed by atoms with Crippen LogP contribution in [-0.4, -0.2) is 79.5 Å². The molecule has 2 saturated heterocycles. The van der Waals surface area contributed by atoms with E-state index in [1.165, 1.54) is 4.90 Å². The van der Waals surface area contributed by atoms with Gasteiger partial charge in [0.1, 0.15) is 6.54 Å². The van der Waals surface area contributed by atoms with Gasteiger partial charge in [-0.3, -0.25) is 4.79 Å². The van der Waals surface area contributed by atoms with E-state index in [1.807, 2.05) is 4.90 Å². The third-order valence-corrected chi connectivity index (χ3v) is 3.66. The molecule has 0 aromatic heterocycles.